The van der Waals surface area contributed by atoms with Crippen LogP contribution in [0.4, 0.5) is 4.39 Å². The van der Waals surface area contributed by atoms with Crippen LogP contribution >= 0.6 is 15.9 Å². The third-order valence-corrected chi connectivity index (χ3v) is 5.78. The van der Waals surface area contributed by atoms with Crippen LogP contribution in [0, 0.1) is 24.1 Å². The monoisotopic (exact) mass is 326 g/mol. The summed E-state index contributed by atoms with van der Waals surface area (Å²) >= 11 is 3.71. The van der Waals surface area contributed by atoms with Gasteiger partial charge in [-0.15, -0.1) is 0 Å². The zero-order valence-electron chi connectivity index (χ0n) is 11.3. The quantitative estimate of drug-likeness (QED) is 0.751. The number of alkyl halides is 1. The number of hydrogen-bond acceptors (Lipinski definition) is 1. The summed E-state index contributed by atoms with van der Waals surface area (Å²) in [5.41, 5.74) is 2.52. The Morgan fingerprint density at radius 2 is 2.21 bits per heavy atom. The first kappa shape index (κ1) is 13.6. The van der Waals surface area contributed by atoms with Crippen molar-refractivity contribution in [2.24, 2.45) is 11.3 Å². The molecular weight excluding hydrogens is 307 g/mol. The van der Waals surface area contributed by atoms with E-state index in [1.165, 1.54) is 18.4 Å². The van der Waals surface area contributed by atoms with Crippen molar-refractivity contribution in [1.82, 2.24) is 0 Å². The van der Waals surface area contributed by atoms with E-state index in [4.69, 9.17) is 4.74 Å². The Bertz CT molecular complexity index is 472. The number of hydrogen-bond donors (Lipinski definition) is 0. The van der Waals surface area contributed by atoms with Crippen LogP contribution in [0.3, 0.4) is 0 Å². The molecule has 0 N–H and O–H groups in total. The van der Waals surface area contributed by atoms with E-state index in [1.807, 2.05) is 13.0 Å². The Labute approximate surface area is 122 Å². The zero-order valence-corrected chi connectivity index (χ0v) is 12.9. The van der Waals surface area contributed by atoms with Crippen molar-refractivity contribution in [3.8, 4) is 0 Å². The second kappa shape index (κ2) is 5.17. The minimum Gasteiger partial charge on any atom is -0.377 e. The maximum atomic E-state index is 13.2. The van der Waals surface area contributed by atoms with E-state index in [0.717, 1.165) is 36.3 Å². The normalized spacial score (nSPS) is 30.8. The molecule has 1 saturated carbocycles. The molecule has 1 saturated heterocycles. The molecule has 19 heavy (non-hydrogen) atoms. The molecule has 0 amide bonds. The van der Waals surface area contributed by atoms with Crippen LogP contribution in [0.15, 0.2) is 18.2 Å². The Hall–Kier alpha value is -0.410. The van der Waals surface area contributed by atoms with Crippen LogP contribution in [0.2, 0.25) is 0 Å². The maximum Gasteiger partial charge on any atom is 0.123 e. The van der Waals surface area contributed by atoms with E-state index in [-0.39, 0.29) is 11.2 Å². The van der Waals surface area contributed by atoms with Gasteiger partial charge in [0, 0.05) is 17.4 Å². The van der Waals surface area contributed by atoms with Crippen LogP contribution in [0.25, 0.3) is 0 Å². The van der Waals surface area contributed by atoms with E-state index in [1.54, 1.807) is 12.1 Å². The Kier molecular flexibility index (Phi) is 3.69. The molecule has 1 aliphatic heterocycles. The first-order valence-electron chi connectivity index (χ1n) is 7.07. The summed E-state index contributed by atoms with van der Waals surface area (Å²) in [7, 11) is 0. The van der Waals surface area contributed by atoms with Gasteiger partial charge >= 0.3 is 0 Å². The van der Waals surface area contributed by atoms with Gasteiger partial charge in [0.25, 0.3) is 0 Å². The fraction of sp³-hybridized carbons (Fsp3) is 0.625. The van der Waals surface area contributed by atoms with Crippen LogP contribution in [0.1, 0.15) is 30.4 Å². The molecule has 2 fully saturated rings. The van der Waals surface area contributed by atoms with Crippen LogP contribution in [-0.4, -0.2) is 18.0 Å². The topological polar surface area (TPSA) is 9.23 Å². The molecule has 1 aromatic carbocycles. The maximum absolute atomic E-state index is 13.2. The highest BCUT2D eigenvalue weighted by molar-refractivity contribution is 9.09. The predicted molar refractivity (Wildman–Crippen MR) is 78.1 cm³/mol. The smallest absolute Gasteiger partial charge is 0.123 e. The molecular formula is C16H20BrFO. The predicted octanol–water partition coefficient (Wildman–Crippen LogP) is 4.26. The Morgan fingerprint density at radius 3 is 2.84 bits per heavy atom. The molecule has 2 aliphatic rings. The number of aryl methyl sites for hydroxylation is 1. The molecule has 0 bridgehead atoms. The molecule has 104 valence electrons. The minimum atomic E-state index is -0.143. The second-order valence-corrected chi connectivity index (χ2v) is 6.68. The third kappa shape index (κ3) is 2.59. The van der Waals surface area contributed by atoms with Crippen LogP contribution in [-0.2, 0) is 11.2 Å². The summed E-state index contributed by atoms with van der Waals surface area (Å²) in [5.74, 6) is 0.608. The van der Waals surface area contributed by atoms with Gasteiger partial charge in [-0.05, 0) is 61.8 Å². The van der Waals surface area contributed by atoms with Gasteiger partial charge < -0.3 is 4.74 Å². The third-order valence-electron chi connectivity index (χ3n) is 4.66. The Balaban J connectivity index is 1.85. The minimum absolute atomic E-state index is 0.143. The van der Waals surface area contributed by atoms with Gasteiger partial charge in [-0.2, -0.15) is 0 Å². The average molecular weight is 327 g/mol. The van der Waals surface area contributed by atoms with Crippen molar-refractivity contribution in [3.05, 3.63) is 35.1 Å². The summed E-state index contributed by atoms with van der Waals surface area (Å²) in [5, 5.41) is 0.970. The van der Waals surface area contributed by atoms with Crippen molar-refractivity contribution in [1.29, 1.82) is 0 Å². The van der Waals surface area contributed by atoms with Gasteiger partial charge in [-0.3, -0.25) is 0 Å². The lowest BCUT2D eigenvalue weighted by Gasteiger charge is -2.33. The molecule has 2 unspecified atom stereocenters. The molecule has 0 aromatic heterocycles. The second-order valence-electron chi connectivity index (χ2n) is 6.12. The summed E-state index contributed by atoms with van der Waals surface area (Å²) in [6, 6.07) is 5.16. The lowest BCUT2D eigenvalue weighted by molar-refractivity contribution is 0.0413. The molecule has 1 aliphatic carbocycles. The Morgan fingerprint density at radius 1 is 1.42 bits per heavy atom. The molecule has 1 heterocycles. The van der Waals surface area contributed by atoms with Gasteiger partial charge in [0.2, 0.25) is 0 Å². The van der Waals surface area contributed by atoms with Gasteiger partial charge in [-0.1, -0.05) is 22.0 Å². The highest BCUT2D eigenvalue weighted by Crippen LogP contribution is 2.50. The van der Waals surface area contributed by atoms with E-state index in [2.05, 4.69) is 15.9 Å². The molecule has 0 spiro atoms. The van der Waals surface area contributed by atoms with Crippen molar-refractivity contribution in [2.75, 3.05) is 11.9 Å². The zero-order chi connectivity index (χ0) is 13.5. The molecule has 3 heteroatoms. The van der Waals surface area contributed by atoms with Crippen LogP contribution in [0.5, 0.6) is 0 Å². The molecule has 2 atom stereocenters. The van der Waals surface area contributed by atoms with Crippen molar-refractivity contribution in [3.63, 3.8) is 0 Å². The molecule has 0 radical (unpaired) electrons. The summed E-state index contributed by atoms with van der Waals surface area (Å²) in [6.45, 7) is 2.87. The SMILES string of the molecule is Cc1cc(F)ccc1CC1(CBr)CCOC1C1CC1. The number of ether oxygens (including phenoxy) is 1. The lowest BCUT2D eigenvalue weighted by atomic mass is 9.75. The van der Waals surface area contributed by atoms with E-state index in [9.17, 15) is 4.39 Å². The highest BCUT2D eigenvalue weighted by Gasteiger charge is 2.50. The summed E-state index contributed by atoms with van der Waals surface area (Å²) < 4.78 is 19.2. The van der Waals surface area contributed by atoms with Gasteiger partial charge in [0.15, 0.2) is 0 Å². The molecule has 1 aromatic rings. The standard InChI is InChI=1S/C16H20BrFO/c1-11-8-14(18)5-4-13(11)9-16(10-17)6-7-19-15(16)12-2-3-12/h4-5,8,12,15H,2-3,6-7,9-10H2,1H3. The summed E-state index contributed by atoms with van der Waals surface area (Å²) in [4.78, 5) is 0. The van der Waals surface area contributed by atoms with Crippen molar-refractivity contribution >= 4 is 15.9 Å². The largest absolute Gasteiger partial charge is 0.377 e. The first-order valence-corrected chi connectivity index (χ1v) is 8.19. The van der Waals surface area contributed by atoms with Crippen molar-refractivity contribution < 1.29 is 9.13 Å². The average Bonchev–Trinajstić information content (AvgIpc) is 3.15. The highest BCUT2D eigenvalue weighted by atomic mass is 79.9. The number of halogens is 2. The van der Waals surface area contributed by atoms with E-state index >= 15 is 0 Å². The van der Waals surface area contributed by atoms with Gasteiger partial charge in [0.1, 0.15) is 5.82 Å². The number of rotatable bonds is 4. The summed E-state index contributed by atoms with van der Waals surface area (Å²) in [6.07, 6.45) is 5.10. The van der Waals surface area contributed by atoms with Crippen molar-refractivity contribution in [2.45, 2.75) is 38.7 Å². The van der Waals surface area contributed by atoms with Gasteiger partial charge in [-0.25, -0.2) is 4.39 Å². The van der Waals surface area contributed by atoms with E-state index in [0.29, 0.717) is 6.10 Å². The van der Waals surface area contributed by atoms with E-state index < -0.39 is 0 Å². The molecule has 3 rings (SSSR count). The molecule has 1 nitrogen and oxygen atoms in total. The van der Waals surface area contributed by atoms with Gasteiger partial charge in [0.05, 0.1) is 6.10 Å². The lowest BCUT2D eigenvalue weighted by Crippen LogP contribution is -2.36. The fourth-order valence-corrected chi connectivity index (χ4v) is 4.16. The first-order chi connectivity index (χ1) is 9.14. The van der Waals surface area contributed by atoms with Crippen LogP contribution < -0.4 is 0 Å². The number of benzene rings is 1. The fourth-order valence-electron chi connectivity index (χ4n) is 3.36.